The fraction of sp³-hybridized carbons (Fsp3) is 0.238. The molecule has 3 aromatic heterocycles. The molecule has 0 saturated carbocycles. The van der Waals surface area contributed by atoms with Crippen LogP contribution < -0.4 is 5.32 Å². The molecule has 1 fully saturated rings. The first-order valence-corrected chi connectivity index (χ1v) is 10.8. The molecular weight excluding hydrogens is 419 g/mol. The van der Waals surface area contributed by atoms with Crippen LogP contribution in [0.25, 0.3) is 16.4 Å². The van der Waals surface area contributed by atoms with Crippen LogP contribution in [-0.4, -0.2) is 44.1 Å². The van der Waals surface area contributed by atoms with E-state index in [9.17, 15) is 9.18 Å². The molecule has 8 nitrogen and oxygen atoms in total. The predicted molar refractivity (Wildman–Crippen MR) is 114 cm³/mol. The zero-order valence-electron chi connectivity index (χ0n) is 16.4. The molecule has 31 heavy (non-hydrogen) atoms. The Kier molecular flexibility index (Phi) is 5.31. The minimum absolute atomic E-state index is 0.0247. The van der Waals surface area contributed by atoms with Crippen molar-refractivity contribution in [1.29, 1.82) is 0 Å². The first kappa shape index (κ1) is 19.6. The van der Waals surface area contributed by atoms with Crippen molar-refractivity contribution in [2.24, 2.45) is 0 Å². The Morgan fingerprint density at radius 2 is 2.10 bits per heavy atom. The molecule has 4 aromatic rings. The highest BCUT2D eigenvalue weighted by Crippen LogP contribution is 2.28. The van der Waals surface area contributed by atoms with E-state index in [4.69, 9.17) is 4.74 Å². The Morgan fingerprint density at radius 3 is 2.87 bits per heavy atom. The van der Waals surface area contributed by atoms with Crippen LogP contribution in [0.1, 0.15) is 35.1 Å². The lowest BCUT2D eigenvalue weighted by atomic mass is 9.97. The van der Waals surface area contributed by atoms with Gasteiger partial charge < -0.3 is 10.1 Å². The number of anilines is 1. The van der Waals surface area contributed by atoms with Gasteiger partial charge in [0.2, 0.25) is 5.82 Å². The topological polar surface area (TPSA) is 97.7 Å². The molecule has 1 aliphatic heterocycles. The van der Waals surface area contributed by atoms with E-state index in [0.29, 0.717) is 23.2 Å². The van der Waals surface area contributed by atoms with Crippen LogP contribution in [0.15, 0.2) is 47.8 Å². The van der Waals surface area contributed by atoms with Crippen LogP contribution in [0.4, 0.5) is 10.2 Å². The van der Waals surface area contributed by atoms with E-state index in [0.717, 1.165) is 36.6 Å². The number of aromatic amines is 1. The number of H-pyrrole nitrogens is 1. The van der Waals surface area contributed by atoms with Crippen LogP contribution in [0.5, 0.6) is 0 Å². The van der Waals surface area contributed by atoms with Crippen molar-refractivity contribution in [3.05, 3.63) is 65.2 Å². The number of nitrogens with zero attached hydrogens (tertiary/aromatic N) is 4. The highest BCUT2D eigenvalue weighted by Gasteiger charge is 2.22. The normalized spacial score (nSPS) is 14.6. The molecule has 0 radical (unpaired) electrons. The van der Waals surface area contributed by atoms with Crippen molar-refractivity contribution in [2.45, 2.75) is 18.8 Å². The number of carbonyl (C=O) groups is 1. The molecule has 0 aliphatic carbocycles. The Morgan fingerprint density at radius 1 is 1.23 bits per heavy atom. The summed E-state index contributed by atoms with van der Waals surface area (Å²) in [6.07, 6.45) is 1.83. The maximum Gasteiger partial charge on any atom is 0.296 e. The third-order valence-corrected chi connectivity index (χ3v) is 5.97. The number of aromatic nitrogens is 5. The summed E-state index contributed by atoms with van der Waals surface area (Å²) in [6.45, 7) is 1.44. The summed E-state index contributed by atoms with van der Waals surface area (Å²) in [7, 11) is 0. The van der Waals surface area contributed by atoms with Gasteiger partial charge in [-0.15, -0.1) is 16.4 Å². The maximum atomic E-state index is 13.8. The number of nitrogens with one attached hydrogen (secondary N) is 2. The van der Waals surface area contributed by atoms with E-state index in [1.807, 2.05) is 23.6 Å². The first-order chi connectivity index (χ1) is 15.2. The lowest BCUT2D eigenvalue weighted by Gasteiger charge is -2.20. The molecule has 158 valence electrons. The average Bonchev–Trinajstić information content (AvgIpc) is 3.54. The molecule has 0 unspecified atom stereocenters. The van der Waals surface area contributed by atoms with Gasteiger partial charge in [0.25, 0.3) is 5.91 Å². The van der Waals surface area contributed by atoms with E-state index in [2.05, 4.69) is 25.6 Å². The minimum Gasteiger partial charge on any atom is -0.381 e. The Balaban J connectivity index is 1.42. The molecule has 1 saturated heterocycles. The number of carbonyl (C=O) groups excluding carboxylic acids is 1. The van der Waals surface area contributed by atoms with Crippen molar-refractivity contribution < 1.29 is 13.9 Å². The van der Waals surface area contributed by atoms with Crippen molar-refractivity contribution >= 4 is 23.1 Å². The van der Waals surface area contributed by atoms with E-state index < -0.39 is 11.7 Å². The molecule has 0 spiro atoms. The van der Waals surface area contributed by atoms with Crippen molar-refractivity contribution in [3.63, 3.8) is 0 Å². The van der Waals surface area contributed by atoms with Gasteiger partial charge in [-0.1, -0.05) is 12.1 Å². The summed E-state index contributed by atoms with van der Waals surface area (Å²) >= 11 is 1.46. The van der Waals surface area contributed by atoms with Gasteiger partial charge in [0.05, 0.1) is 10.6 Å². The number of thiophene rings is 1. The number of halogens is 1. The molecule has 1 aromatic carbocycles. The smallest absolute Gasteiger partial charge is 0.296 e. The molecule has 4 heterocycles. The number of amides is 1. The third kappa shape index (κ3) is 4.12. The Hall–Kier alpha value is -3.37. The zero-order valence-corrected chi connectivity index (χ0v) is 17.2. The summed E-state index contributed by atoms with van der Waals surface area (Å²) in [4.78, 5) is 18.1. The lowest BCUT2D eigenvalue weighted by Crippen LogP contribution is -2.15. The van der Waals surface area contributed by atoms with Crippen molar-refractivity contribution in [3.8, 4) is 16.4 Å². The van der Waals surface area contributed by atoms with Crippen LogP contribution in [0.2, 0.25) is 0 Å². The Labute approximate surface area is 181 Å². The van der Waals surface area contributed by atoms with Gasteiger partial charge >= 0.3 is 0 Å². The van der Waals surface area contributed by atoms with Gasteiger partial charge in [0.1, 0.15) is 5.82 Å². The molecule has 2 N–H and O–H groups in total. The number of hydrogen-bond donors (Lipinski definition) is 2. The second-order valence-corrected chi connectivity index (χ2v) is 8.12. The van der Waals surface area contributed by atoms with Crippen molar-refractivity contribution in [2.75, 3.05) is 18.5 Å². The van der Waals surface area contributed by atoms with Gasteiger partial charge in [-0.05, 0) is 42.5 Å². The van der Waals surface area contributed by atoms with E-state index >= 15 is 0 Å². The van der Waals surface area contributed by atoms with Gasteiger partial charge in [-0.2, -0.15) is 5.10 Å². The highest BCUT2D eigenvalue weighted by atomic mass is 32.1. The second-order valence-electron chi connectivity index (χ2n) is 7.18. The number of hydrogen-bond acceptors (Lipinski definition) is 6. The summed E-state index contributed by atoms with van der Waals surface area (Å²) < 4.78 is 20.6. The van der Waals surface area contributed by atoms with Crippen LogP contribution in [0, 0.1) is 5.82 Å². The first-order valence-electron chi connectivity index (χ1n) is 9.88. The predicted octanol–water partition coefficient (Wildman–Crippen LogP) is 4.00. The highest BCUT2D eigenvalue weighted by molar-refractivity contribution is 7.13. The van der Waals surface area contributed by atoms with Crippen LogP contribution >= 0.6 is 11.3 Å². The van der Waals surface area contributed by atoms with E-state index in [-0.39, 0.29) is 5.82 Å². The molecule has 10 heteroatoms. The minimum atomic E-state index is -0.488. The van der Waals surface area contributed by atoms with Gasteiger partial charge in [-0.25, -0.2) is 14.1 Å². The molecule has 1 amide bonds. The molecular formula is C21H19FN6O2S. The molecule has 0 bridgehead atoms. The van der Waals surface area contributed by atoms with Crippen molar-refractivity contribution in [1.82, 2.24) is 25.0 Å². The number of rotatable bonds is 5. The molecule has 5 rings (SSSR count). The summed E-state index contributed by atoms with van der Waals surface area (Å²) in [6, 6.07) is 11.6. The standard InChI is InChI=1S/C21H19FN6O2S/c22-14-3-1-4-15(11-14)28-20(17-5-2-10-31-17)24-19(27-28)21(29)23-18-12-16(25-26-18)13-6-8-30-9-7-13/h1-5,10-13H,6-9H2,(H2,23,25,26,29). The number of ether oxygens (including phenoxy) is 1. The Bertz CT molecular complexity index is 1200. The molecule has 1 aliphatic rings. The summed E-state index contributed by atoms with van der Waals surface area (Å²) in [5.74, 6) is 0.305. The fourth-order valence-electron chi connectivity index (χ4n) is 3.55. The molecule has 0 atom stereocenters. The van der Waals surface area contributed by atoms with Gasteiger partial charge in [-0.3, -0.25) is 9.89 Å². The quantitative estimate of drug-likeness (QED) is 0.491. The van der Waals surface area contributed by atoms with Gasteiger partial charge in [0, 0.05) is 30.9 Å². The van der Waals surface area contributed by atoms with Crippen LogP contribution in [-0.2, 0) is 4.74 Å². The van der Waals surface area contributed by atoms with Gasteiger partial charge in [0.15, 0.2) is 11.6 Å². The third-order valence-electron chi connectivity index (χ3n) is 5.10. The monoisotopic (exact) mass is 438 g/mol. The maximum absolute atomic E-state index is 13.8. The summed E-state index contributed by atoms with van der Waals surface area (Å²) in [5, 5.41) is 16.2. The average molecular weight is 438 g/mol. The summed E-state index contributed by atoms with van der Waals surface area (Å²) in [5.41, 5.74) is 1.45. The fourth-order valence-corrected chi connectivity index (χ4v) is 4.25. The SMILES string of the molecule is O=C(Nc1cc(C2CCOCC2)[nH]n1)c1nc(-c2cccs2)n(-c2cccc(F)c2)n1. The van der Waals surface area contributed by atoms with E-state index in [1.165, 1.54) is 28.2 Å². The van der Waals surface area contributed by atoms with Crippen LogP contribution in [0.3, 0.4) is 0 Å². The second kappa shape index (κ2) is 8.40. The van der Waals surface area contributed by atoms with E-state index in [1.54, 1.807) is 12.1 Å². The largest absolute Gasteiger partial charge is 0.381 e. The number of benzene rings is 1. The lowest BCUT2D eigenvalue weighted by molar-refractivity contribution is 0.0845. The zero-order chi connectivity index (χ0) is 21.2.